The monoisotopic (exact) mass is 238 g/mol. The topological polar surface area (TPSA) is 95.0 Å². The number of aliphatic hydroxyl groups is 1. The largest absolute Gasteiger partial charge is 0.409 e. The first-order chi connectivity index (χ1) is 8.10. The molecule has 1 aromatic heterocycles. The van der Waals surface area contributed by atoms with Crippen LogP contribution >= 0.6 is 0 Å². The summed E-state index contributed by atoms with van der Waals surface area (Å²) in [6.45, 7) is 4.64. The van der Waals surface area contributed by atoms with E-state index in [1.165, 1.54) is 6.20 Å². The molecule has 0 unspecified atom stereocenters. The Bertz CT molecular complexity index is 376. The van der Waals surface area contributed by atoms with Gasteiger partial charge in [0.2, 0.25) is 0 Å². The highest BCUT2D eigenvalue weighted by molar-refractivity contribution is 5.96. The van der Waals surface area contributed by atoms with Gasteiger partial charge < -0.3 is 20.9 Å². The highest BCUT2D eigenvalue weighted by Crippen LogP contribution is 2.13. The Hall–Kier alpha value is -1.82. The molecule has 0 aliphatic carbocycles. The normalized spacial score (nSPS) is 11.9. The molecule has 0 saturated heterocycles. The summed E-state index contributed by atoms with van der Waals surface area (Å²) in [4.78, 5) is 6.20. The van der Waals surface area contributed by atoms with E-state index in [2.05, 4.69) is 10.1 Å². The molecule has 6 nitrogen and oxygen atoms in total. The second-order valence-electron chi connectivity index (χ2n) is 3.90. The first-order valence-electron chi connectivity index (χ1n) is 5.41. The smallest absolute Gasteiger partial charge is 0.171 e. The molecule has 0 atom stereocenters. The van der Waals surface area contributed by atoms with Crippen LogP contribution in [0.3, 0.4) is 0 Å². The Kier molecular flexibility index (Phi) is 4.71. The predicted octanol–water partition coefficient (Wildman–Crippen LogP) is 0.383. The number of aromatic nitrogens is 1. The fraction of sp³-hybridized carbons (Fsp3) is 0.455. The molecule has 0 radical (unpaired) electrons. The van der Waals surface area contributed by atoms with Gasteiger partial charge in [-0.3, -0.25) is 0 Å². The first-order valence-corrected chi connectivity index (χ1v) is 5.41. The van der Waals surface area contributed by atoms with Crippen LogP contribution in [-0.2, 0) is 0 Å². The molecule has 6 heteroatoms. The summed E-state index contributed by atoms with van der Waals surface area (Å²) in [7, 11) is 0. The molecular weight excluding hydrogens is 220 g/mol. The Morgan fingerprint density at radius 1 is 1.53 bits per heavy atom. The molecule has 0 aliphatic heterocycles. The Morgan fingerprint density at radius 2 is 2.24 bits per heavy atom. The van der Waals surface area contributed by atoms with Crippen LogP contribution in [0.2, 0.25) is 0 Å². The third-order valence-electron chi connectivity index (χ3n) is 2.41. The summed E-state index contributed by atoms with van der Waals surface area (Å²) in [5, 5.41) is 20.4. The van der Waals surface area contributed by atoms with Gasteiger partial charge in [0, 0.05) is 24.3 Å². The van der Waals surface area contributed by atoms with Crippen molar-refractivity contribution < 1.29 is 10.3 Å². The van der Waals surface area contributed by atoms with Crippen molar-refractivity contribution in [2.75, 3.05) is 18.1 Å². The van der Waals surface area contributed by atoms with Crippen LogP contribution in [0.25, 0.3) is 0 Å². The zero-order valence-corrected chi connectivity index (χ0v) is 10.0. The van der Waals surface area contributed by atoms with Gasteiger partial charge in [-0.2, -0.15) is 0 Å². The van der Waals surface area contributed by atoms with Gasteiger partial charge in [0.05, 0.1) is 6.61 Å². The van der Waals surface area contributed by atoms with Crippen molar-refractivity contribution in [2.45, 2.75) is 19.9 Å². The van der Waals surface area contributed by atoms with Crippen molar-refractivity contribution in [2.24, 2.45) is 10.9 Å². The van der Waals surface area contributed by atoms with Crippen molar-refractivity contribution >= 4 is 11.7 Å². The second-order valence-corrected chi connectivity index (χ2v) is 3.90. The maximum absolute atomic E-state index is 8.99. The lowest BCUT2D eigenvalue weighted by Crippen LogP contribution is -2.34. The SMILES string of the molecule is CC(C)N(CCO)c1ccc(/C(N)=N/O)cn1. The van der Waals surface area contributed by atoms with Crippen LogP contribution in [0.15, 0.2) is 23.5 Å². The number of hydrogen-bond acceptors (Lipinski definition) is 5. The molecule has 1 rings (SSSR count). The van der Waals surface area contributed by atoms with Crippen LogP contribution in [0.1, 0.15) is 19.4 Å². The number of anilines is 1. The van der Waals surface area contributed by atoms with Gasteiger partial charge in [0.15, 0.2) is 5.84 Å². The molecular formula is C11H18N4O2. The lowest BCUT2D eigenvalue weighted by molar-refractivity contribution is 0.298. The Balaban J connectivity index is 2.92. The van der Waals surface area contributed by atoms with Gasteiger partial charge in [-0.1, -0.05) is 5.16 Å². The molecule has 0 aliphatic rings. The van der Waals surface area contributed by atoms with Crippen LogP contribution in [-0.4, -0.2) is 40.3 Å². The summed E-state index contributed by atoms with van der Waals surface area (Å²) in [6, 6.07) is 3.75. The van der Waals surface area contributed by atoms with E-state index in [9.17, 15) is 0 Å². The molecule has 1 heterocycles. The van der Waals surface area contributed by atoms with Crippen LogP contribution in [0.4, 0.5) is 5.82 Å². The van der Waals surface area contributed by atoms with Crippen molar-refractivity contribution in [1.82, 2.24) is 4.98 Å². The third kappa shape index (κ3) is 3.32. The molecule has 0 bridgehead atoms. The number of nitrogens with zero attached hydrogens (tertiary/aromatic N) is 3. The molecule has 0 spiro atoms. The minimum atomic E-state index is 0.0299. The average molecular weight is 238 g/mol. The van der Waals surface area contributed by atoms with E-state index < -0.39 is 0 Å². The van der Waals surface area contributed by atoms with Gasteiger partial charge in [-0.05, 0) is 26.0 Å². The minimum Gasteiger partial charge on any atom is -0.409 e. The fourth-order valence-electron chi connectivity index (χ4n) is 1.51. The number of rotatable bonds is 5. The zero-order chi connectivity index (χ0) is 12.8. The van der Waals surface area contributed by atoms with Crippen LogP contribution in [0, 0.1) is 0 Å². The molecule has 0 aromatic carbocycles. The molecule has 17 heavy (non-hydrogen) atoms. The highest BCUT2D eigenvalue weighted by atomic mass is 16.4. The number of aliphatic hydroxyl groups excluding tert-OH is 1. The lowest BCUT2D eigenvalue weighted by atomic mass is 10.2. The van der Waals surface area contributed by atoms with Crippen molar-refractivity contribution in [3.63, 3.8) is 0 Å². The Labute approximate surface area is 100 Å². The number of amidine groups is 1. The second kappa shape index (κ2) is 6.05. The maximum Gasteiger partial charge on any atom is 0.171 e. The van der Waals surface area contributed by atoms with Crippen LogP contribution in [0.5, 0.6) is 0 Å². The molecule has 4 N–H and O–H groups in total. The van der Waals surface area contributed by atoms with E-state index >= 15 is 0 Å². The van der Waals surface area contributed by atoms with E-state index in [1.807, 2.05) is 18.7 Å². The summed E-state index contributed by atoms with van der Waals surface area (Å²) >= 11 is 0. The summed E-state index contributed by atoms with van der Waals surface area (Å²) in [6.07, 6.45) is 1.54. The minimum absolute atomic E-state index is 0.0299. The number of hydrogen-bond donors (Lipinski definition) is 3. The predicted molar refractivity (Wildman–Crippen MR) is 66.3 cm³/mol. The summed E-state index contributed by atoms with van der Waals surface area (Å²) < 4.78 is 0. The van der Waals surface area contributed by atoms with Gasteiger partial charge in [0.25, 0.3) is 0 Å². The zero-order valence-electron chi connectivity index (χ0n) is 10.0. The summed E-state index contributed by atoms with van der Waals surface area (Å²) in [5.74, 6) is 0.783. The van der Waals surface area contributed by atoms with Crippen molar-refractivity contribution in [3.05, 3.63) is 23.9 Å². The van der Waals surface area contributed by atoms with E-state index in [-0.39, 0.29) is 18.5 Å². The van der Waals surface area contributed by atoms with E-state index in [0.29, 0.717) is 12.1 Å². The summed E-state index contributed by atoms with van der Waals surface area (Å²) in [5.41, 5.74) is 6.00. The number of oxime groups is 1. The van der Waals surface area contributed by atoms with Crippen molar-refractivity contribution in [1.29, 1.82) is 0 Å². The van der Waals surface area contributed by atoms with Crippen molar-refractivity contribution in [3.8, 4) is 0 Å². The van der Waals surface area contributed by atoms with E-state index in [0.717, 1.165) is 5.82 Å². The molecule has 0 saturated carbocycles. The molecule has 0 fully saturated rings. The van der Waals surface area contributed by atoms with Gasteiger partial charge in [0.1, 0.15) is 5.82 Å². The maximum atomic E-state index is 8.99. The molecule has 0 amide bonds. The first kappa shape index (κ1) is 13.2. The standard InChI is InChI=1S/C11H18N4O2/c1-8(2)15(5-6-16)10-4-3-9(7-13-10)11(12)14-17/h3-4,7-8,16-17H,5-6H2,1-2H3,(H2,12,14). The number of pyridine rings is 1. The van der Waals surface area contributed by atoms with E-state index in [4.69, 9.17) is 16.0 Å². The lowest BCUT2D eigenvalue weighted by Gasteiger charge is -2.27. The molecule has 94 valence electrons. The molecule has 1 aromatic rings. The van der Waals surface area contributed by atoms with E-state index in [1.54, 1.807) is 12.1 Å². The number of nitrogens with two attached hydrogens (primary N) is 1. The average Bonchev–Trinajstić information content (AvgIpc) is 2.35. The van der Waals surface area contributed by atoms with Crippen LogP contribution < -0.4 is 10.6 Å². The Morgan fingerprint density at radius 3 is 2.65 bits per heavy atom. The van der Waals surface area contributed by atoms with Gasteiger partial charge in [-0.25, -0.2) is 4.98 Å². The third-order valence-corrected chi connectivity index (χ3v) is 2.41. The highest BCUT2D eigenvalue weighted by Gasteiger charge is 2.11. The van der Waals surface area contributed by atoms with Gasteiger partial charge >= 0.3 is 0 Å². The van der Waals surface area contributed by atoms with Gasteiger partial charge in [-0.15, -0.1) is 0 Å². The fourth-order valence-corrected chi connectivity index (χ4v) is 1.51. The quantitative estimate of drug-likeness (QED) is 0.298.